The van der Waals surface area contributed by atoms with E-state index >= 15 is 0 Å². The van der Waals surface area contributed by atoms with Gasteiger partial charge in [0.05, 0.1) is 35.2 Å². The molecule has 3 aromatic rings. The maximum atomic E-state index is 13.5. The Labute approximate surface area is 182 Å². The highest BCUT2D eigenvalue weighted by Gasteiger charge is 2.43. The number of halogens is 3. The van der Waals surface area contributed by atoms with Gasteiger partial charge in [0.15, 0.2) is 0 Å². The van der Waals surface area contributed by atoms with Crippen molar-refractivity contribution in [2.24, 2.45) is 5.92 Å². The molecular weight excluding hydrogens is 421 g/mol. The lowest BCUT2D eigenvalue weighted by Gasteiger charge is -2.50. The zero-order valence-corrected chi connectivity index (χ0v) is 17.0. The van der Waals surface area contributed by atoms with Gasteiger partial charge < -0.3 is 10.2 Å². The molecule has 1 aromatic carbocycles. The molecule has 0 spiro atoms. The molecule has 10 heteroatoms. The highest BCUT2D eigenvalue weighted by Crippen LogP contribution is 2.38. The minimum absolute atomic E-state index is 0.0739. The minimum Gasteiger partial charge on any atom is -0.365 e. The third kappa shape index (κ3) is 3.80. The molecule has 3 aliphatic rings. The normalized spacial score (nSPS) is 22.7. The number of nitrogens with zero attached hydrogens (tertiary/aromatic N) is 5. The number of alkyl halides is 3. The van der Waals surface area contributed by atoms with Crippen LogP contribution in [0, 0.1) is 5.92 Å². The van der Waals surface area contributed by atoms with E-state index in [1.165, 1.54) is 10.9 Å². The number of amides is 1. The number of piperidine rings is 2. The van der Waals surface area contributed by atoms with Gasteiger partial charge >= 0.3 is 6.18 Å². The third-order valence-electron chi connectivity index (χ3n) is 6.23. The molecule has 4 heterocycles. The van der Waals surface area contributed by atoms with Crippen LogP contribution in [0.1, 0.15) is 35.2 Å². The Kier molecular flexibility index (Phi) is 5.07. The lowest BCUT2D eigenvalue weighted by molar-refractivity contribution is -0.137. The van der Waals surface area contributed by atoms with Gasteiger partial charge in [-0.25, -0.2) is 4.98 Å². The van der Waals surface area contributed by atoms with Gasteiger partial charge in [-0.1, -0.05) is 12.1 Å². The van der Waals surface area contributed by atoms with Gasteiger partial charge in [-0.05, 0) is 49.4 Å². The Bertz CT molecular complexity index is 1100. The van der Waals surface area contributed by atoms with Crippen LogP contribution in [0.15, 0.2) is 55.0 Å². The molecular formula is C22H21F3N6O. The molecule has 2 aliphatic heterocycles. The number of rotatable bonds is 4. The van der Waals surface area contributed by atoms with E-state index in [-0.39, 0.29) is 18.0 Å². The molecule has 1 amide bonds. The van der Waals surface area contributed by atoms with Crippen molar-refractivity contribution in [2.45, 2.75) is 37.5 Å². The third-order valence-corrected chi connectivity index (χ3v) is 6.23. The van der Waals surface area contributed by atoms with E-state index in [1.807, 2.05) is 17.0 Å². The van der Waals surface area contributed by atoms with Crippen LogP contribution in [0.4, 0.5) is 19.0 Å². The van der Waals surface area contributed by atoms with E-state index in [1.54, 1.807) is 24.5 Å². The van der Waals surface area contributed by atoms with E-state index in [9.17, 15) is 18.0 Å². The molecule has 1 aliphatic carbocycles. The van der Waals surface area contributed by atoms with Crippen molar-refractivity contribution < 1.29 is 18.0 Å². The lowest BCUT2D eigenvalue weighted by atomic mass is 9.76. The summed E-state index contributed by atoms with van der Waals surface area (Å²) in [6.45, 7) is 0.656. The first kappa shape index (κ1) is 20.5. The quantitative estimate of drug-likeness (QED) is 0.666. The molecule has 32 heavy (non-hydrogen) atoms. The molecule has 2 bridgehead atoms. The van der Waals surface area contributed by atoms with Crippen LogP contribution in [-0.2, 0) is 6.18 Å². The topological polar surface area (TPSA) is 75.9 Å². The molecule has 2 aromatic heterocycles. The summed E-state index contributed by atoms with van der Waals surface area (Å²) in [6, 6.07) is 9.42. The summed E-state index contributed by atoms with van der Waals surface area (Å²) >= 11 is 0. The monoisotopic (exact) mass is 442 g/mol. The lowest BCUT2D eigenvalue weighted by Crippen LogP contribution is -2.59. The Hall–Kier alpha value is -3.43. The SMILES string of the molecule is O=C(c1ccccc1-n1nccn1)N1CC2CCC1C(Nc1ccc(C(F)(F)F)cn1)C2. The van der Waals surface area contributed by atoms with Crippen LogP contribution in [0.3, 0.4) is 0 Å². The number of pyridine rings is 1. The zero-order chi connectivity index (χ0) is 22.3. The fraction of sp³-hybridized carbons (Fsp3) is 0.364. The maximum absolute atomic E-state index is 13.5. The molecule has 2 saturated heterocycles. The van der Waals surface area contributed by atoms with Crippen LogP contribution >= 0.6 is 0 Å². The highest BCUT2D eigenvalue weighted by atomic mass is 19.4. The number of hydrogen-bond acceptors (Lipinski definition) is 5. The van der Waals surface area contributed by atoms with Crippen molar-refractivity contribution in [1.29, 1.82) is 0 Å². The van der Waals surface area contributed by atoms with Crippen molar-refractivity contribution in [2.75, 3.05) is 11.9 Å². The Morgan fingerprint density at radius 3 is 2.53 bits per heavy atom. The number of carbonyl (C=O) groups is 1. The summed E-state index contributed by atoms with van der Waals surface area (Å²) < 4.78 is 38.5. The van der Waals surface area contributed by atoms with Crippen molar-refractivity contribution in [3.05, 3.63) is 66.1 Å². The molecule has 7 nitrogen and oxygen atoms in total. The number of fused-ring (bicyclic) bond motifs is 3. The van der Waals surface area contributed by atoms with Crippen molar-refractivity contribution in [3.63, 3.8) is 0 Å². The van der Waals surface area contributed by atoms with Crippen LogP contribution in [-0.4, -0.2) is 49.4 Å². The predicted molar refractivity (Wildman–Crippen MR) is 110 cm³/mol. The van der Waals surface area contributed by atoms with Gasteiger partial charge in [0, 0.05) is 18.8 Å². The number of para-hydroxylation sites is 1. The fourth-order valence-corrected chi connectivity index (χ4v) is 4.74. The van der Waals surface area contributed by atoms with E-state index < -0.39 is 11.7 Å². The first-order chi connectivity index (χ1) is 15.4. The highest BCUT2D eigenvalue weighted by molar-refractivity contribution is 5.98. The summed E-state index contributed by atoms with van der Waals surface area (Å²) in [7, 11) is 0. The predicted octanol–water partition coefficient (Wildman–Crippen LogP) is 3.79. The van der Waals surface area contributed by atoms with Gasteiger partial charge in [-0.2, -0.15) is 28.2 Å². The minimum atomic E-state index is -4.42. The number of benzene rings is 1. The second kappa shape index (κ2) is 7.92. The molecule has 6 rings (SSSR count). The Morgan fingerprint density at radius 2 is 1.84 bits per heavy atom. The maximum Gasteiger partial charge on any atom is 0.417 e. The summed E-state index contributed by atoms with van der Waals surface area (Å²) in [6.07, 6.45) is 2.23. The zero-order valence-electron chi connectivity index (χ0n) is 17.0. The van der Waals surface area contributed by atoms with Crippen molar-refractivity contribution in [1.82, 2.24) is 24.9 Å². The molecule has 1 N–H and O–H groups in total. The molecule has 3 atom stereocenters. The van der Waals surface area contributed by atoms with Gasteiger partial charge in [-0.15, -0.1) is 0 Å². The average molecular weight is 442 g/mol. The first-order valence-electron chi connectivity index (χ1n) is 10.5. The Morgan fingerprint density at radius 1 is 1.06 bits per heavy atom. The van der Waals surface area contributed by atoms with Gasteiger partial charge in [0.2, 0.25) is 0 Å². The number of aromatic nitrogens is 4. The van der Waals surface area contributed by atoms with E-state index in [4.69, 9.17) is 0 Å². The van der Waals surface area contributed by atoms with Gasteiger partial charge in [0.1, 0.15) is 5.82 Å². The number of anilines is 1. The van der Waals surface area contributed by atoms with Crippen LogP contribution in [0.5, 0.6) is 0 Å². The summed E-state index contributed by atoms with van der Waals surface area (Å²) in [5.41, 5.74) is 0.342. The molecule has 3 unspecified atom stereocenters. The van der Waals surface area contributed by atoms with Crippen LogP contribution in [0.2, 0.25) is 0 Å². The van der Waals surface area contributed by atoms with Crippen LogP contribution < -0.4 is 5.32 Å². The second-order valence-electron chi connectivity index (χ2n) is 8.22. The van der Waals surface area contributed by atoms with Gasteiger partial charge in [0.25, 0.3) is 5.91 Å². The molecule has 166 valence electrons. The van der Waals surface area contributed by atoms with Crippen LogP contribution in [0.25, 0.3) is 5.69 Å². The second-order valence-corrected chi connectivity index (χ2v) is 8.22. The molecule has 1 saturated carbocycles. The largest absolute Gasteiger partial charge is 0.417 e. The van der Waals surface area contributed by atoms with E-state index in [0.717, 1.165) is 31.5 Å². The Balaban J connectivity index is 1.37. The van der Waals surface area contributed by atoms with Gasteiger partial charge in [-0.3, -0.25) is 4.79 Å². The van der Waals surface area contributed by atoms with E-state index in [0.29, 0.717) is 29.5 Å². The first-order valence-corrected chi connectivity index (χ1v) is 10.5. The summed E-state index contributed by atoms with van der Waals surface area (Å²) in [5, 5.41) is 11.6. The number of hydrogen-bond donors (Lipinski definition) is 1. The van der Waals surface area contributed by atoms with E-state index in [2.05, 4.69) is 20.5 Å². The number of carbonyl (C=O) groups excluding carboxylic acids is 1. The smallest absolute Gasteiger partial charge is 0.365 e. The fourth-order valence-electron chi connectivity index (χ4n) is 4.74. The molecule has 3 fully saturated rings. The average Bonchev–Trinajstić information content (AvgIpc) is 3.33. The summed E-state index contributed by atoms with van der Waals surface area (Å²) in [4.78, 5) is 20.8. The summed E-state index contributed by atoms with van der Waals surface area (Å²) in [5.74, 6) is 0.606. The standard InChI is InChI=1S/C22H21F3N6O/c23-22(24,25)15-6-8-20(26-12-15)29-17-11-14-5-7-19(17)30(13-14)21(32)16-3-1-2-4-18(16)31-27-9-10-28-31/h1-4,6,8-10,12,14,17,19H,5,7,11,13H2,(H,26,29). The number of nitrogens with one attached hydrogen (secondary N) is 1. The molecule has 0 radical (unpaired) electrons. The van der Waals surface area contributed by atoms with Crippen molar-refractivity contribution >= 4 is 11.7 Å². The van der Waals surface area contributed by atoms with Crippen molar-refractivity contribution in [3.8, 4) is 5.69 Å².